The maximum Gasteiger partial charge on any atom is 0.190 e. The molecule has 0 aliphatic carbocycles. The summed E-state index contributed by atoms with van der Waals surface area (Å²) in [5.41, 5.74) is 1.27. The van der Waals surface area contributed by atoms with Gasteiger partial charge in [0.2, 0.25) is 0 Å². The average Bonchev–Trinajstić information content (AvgIpc) is 2.86. The van der Waals surface area contributed by atoms with Crippen molar-refractivity contribution in [3.05, 3.63) is 40.1 Å². The molecule has 0 saturated heterocycles. The molecule has 2 aromatic heterocycles. The van der Waals surface area contributed by atoms with Crippen molar-refractivity contribution in [2.75, 3.05) is 0 Å². The highest BCUT2D eigenvalue weighted by Gasteiger charge is 2.17. The molecule has 0 aliphatic heterocycles. The van der Waals surface area contributed by atoms with Gasteiger partial charge in [0, 0.05) is 13.2 Å². The summed E-state index contributed by atoms with van der Waals surface area (Å²) in [5, 5.41) is 1.85. The molecule has 0 fully saturated rings. The quantitative estimate of drug-likeness (QED) is 0.616. The Kier molecular flexibility index (Phi) is 3.19. The van der Waals surface area contributed by atoms with Gasteiger partial charge in [0.05, 0.1) is 17.6 Å². The van der Waals surface area contributed by atoms with Gasteiger partial charge < -0.3 is 4.57 Å². The molecular formula is C12H12N2O2S. The molecule has 2 rings (SSSR count). The number of aryl methyl sites for hydroxylation is 2. The van der Waals surface area contributed by atoms with Crippen molar-refractivity contribution in [2.45, 2.75) is 13.3 Å². The van der Waals surface area contributed by atoms with Gasteiger partial charge in [-0.25, -0.2) is 4.98 Å². The zero-order valence-electron chi connectivity index (χ0n) is 9.64. The van der Waals surface area contributed by atoms with Crippen LogP contribution in [0.3, 0.4) is 0 Å². The maximum absolute atomic E-state index is 11.9. The molecule has 4 nitrogen and oxygen atoms in total. The fraction of sp³-hybridized carbons (Fsp3) is 0.250. The van der Waals surface area contributed by atoms with Crippen LogP contribution in [0.2, 0.25) is 0 Å². The fourth-order valence-electron chi connectivity index (χ4n) is 1.53. The summed E-state index contributed by atoms with van der Waals surface area (Å²) < 4.78 is 1.69. The lowest BCUT2D eigenvalue weighted by Gasteiger charge is -1.97. The van der Waals surface area contributed by atoms with E-state index in [9.17, 15) is 9.59 Å². The highest BCUT2D eigenvalue weighted by Crippen LogP contribution is 2.18. The number of hydrogen-bond acceptors (Lipinski definition) is 4. The van der Waals surface area contributed by atoms with E-state index in [1.54, 1.807) is 24.1 Å². The lowest BCUT2D eigenvalue weighted by Crippen LogP contribution is -2.08. The smallest absolute Gasteiger partial charge is 0.190 e. The van der Waals surface area contributed by atoms with Crippen LogP contribution in [0.5, 0.6) is 0 Å². The first kappa shape index (κ1) is 11.7. The van der Waals surface area contributed by atoms with Gasteiger partial charge in [0.15, 0.2) is 11.6 Å². The topological polar surface area (TPSA) is 52.0 Å². The molecule has 0 unspecified atom stereocenters. The molecule has 5 heteroatoms. The normalized spacial score (nSPS) is 10.5. The molecule has 2 heterocycles. The molecule has 0 aromatic carbocycles. The van der Waals surface area contributed by atoms with E-state index in [1.807, 2.05) is 18.4 Å². The summed E-state index contributed by atoms with van der Waals surface area (Å²) in [6.45, 7) is 1.87. The Morgan fingerprint density at radius 3 is 2.71 bits per heavy atom. The van der Waals surface area contributed by atoms with Crippen LogP contribution in [0.15, 0.2) is 24.0 Å². The molecular weight excluding hydrogens is 236 g/mol. The predicted octanol–water partition coefficient (Wildman–Crippen LogP) is 2.25. The van der Waals surface area contributed by atoms with Gasteiger partial charge in [-0.3, -0.25) is 9.59 Å². The molecule has 17 heavy (non-hydrogen) atoms. The number of thiophene rings is 1. The zero-order chi connectivity index (χ0) is 12.4. The molecule has 0 radical (unpaired) electrons. The minimum Gasteiger partial charge on any atom is -0.340 e. The molecule has 0 amide bonds. The molecule has 0 saturated carbocycles. The first-order valence-corrected chi connectivity index (χ1v) is 6.04. The van der Waals surface area contributed by atoms with Crippen molar-refractivity contribution in [3.8, 4) is 0 Å². The molecule has 2 aromatic rings. The van der Waals surface area contributed by atoms with Crippen molar-refractivity contribution >= 4 is 22.9 Å². The van der Waals surface area contributed by atoms with Crippen molar-refractivity contribution < 1.29 is 9.59 Å². The molecule has 0 bridgehead atoms. The summed E-state index contributed by atoms with van der Waals surface area (Å²) in [6, 6.07) is 1.88. The third kappa shape index (κ3) is 2.50. The van der Waals surface area contributed by atoms with Crippen LogP contribution in [0.25, 0.3) is 0 Å². The zero-order valence-corrected chi connectivity index (χ0v) is 10.5. The van der Waals surface area contributed by atoms with Crippen LogP contribution in [0.4, 0.5) is 0 Å². The Morgan fingerprint density at radius 2 is 2.18 bits per heavy atom. The van der Waals surface area contributed by atoms with Gasteiger partial charge in [-0.15, -0.1) is 11.3 Å². The number of ketones is 2. The van der Waals surface area contributed by atoms with Gasteiger partial charge in [-0.2, -0.15) is 0 Å². The van der Waals surface area contributed by atoms with Crippen LogP contribution < -0.4 is 0 Å². The summed E-state index contributed by atoms with van der Waals surface area (Å²) in [7, 11) is 1.79. The predicted molar refractivity (Wildman–Crippen MR) is 65.5 cm³/mol. The van der Waals surface area contributed by atoms with E-state index in [0.29, 0.717) is 10.6 Å². The van der Waals surface area contributed by atoms with E-state index in [-0.39, 0.29) is 18.0 Å². The summed E-state index contributed by atoms with van der Waals surface area (Å²) >= 11 is 1.37. The highest BCUT2D eigenvalue weighted by molar-refractivity contribution is 7.12. The molecule has 0 aliphatic rings. The number of rotatable bonds is 4. The summed E-state index contributed by atoms with van der Waals surface area (Å²) in [4.78, 5) is 28.3. The van der Waals surface area contributed by atoms with Crippen LogP contribution in [-0.2, 0) is 7.05 Å². The second kappa shape index (κ2) is 4.63. The lowest BCUT2D eigenvalue weighted by atomic mass is 10.1. The van der Waals surface area contributed by atoms with E-state index < -0.39 is 0 Å². The first-order chi connectivity index (χ1) is 8.08. The van der Waals surface area contributed by atoms with E-state index in [0.717, 1.165) is 5.56 Å². The molecule has 0 N–H and O–H groups in total. The Morgan fingerprint density at radius 1 is 1.41 bits per heavy atom. The number of imidazole rings is 1. The van der Waals surface area contributed by atoms with Crippen molar-refractivity contribution in [3.63, 3.8) is 0 Å². The largest absolute Gasteiger partial charge is 0.340 e. The van der Waals surface area contributed by atoms with Gasteiger partial charge >= 0.3 is 0 Å². The van der Waals surface area contributed by atoms with Crippen molar-refractivity contribution in [1.82, 2.24) is 9.55 Å². The minimum atomic E-state index is -0.233. The maximum atomic E-state index is 11.9. The monoisotopic (exact) mass is 248 g/mol. The summed E-state index contributed by atoms with van der Waals surface area (Å²) in [5.74, 6) is -0.364. The van der Waals surface area contributed by atoms with Gasteiger partial charge in [0.1, 0.15) is 5.69 Å². The van der Waals surface area contributed by atoms with Crippen molar-refractivity contribution in [2.24, 2.45) is 7.05 Å². The number of nitrogens with zero attached hydrogens (tertiary/aromatic N) is 2. The van der Waals surface area contributed by atoms with Crippen LogP contribution in [0.1, 0.15) is 32.1 Å². The van der Waals surface area contributed by atoms with Crippen LogP contribution in [-0.4, -0.2) is 21.1 Å². The Balaban J connectivity index is 2.10. The fourth-order valence-corrected chi connectivity index (χ4v) is 2.40. The van der Waals surface area contributed by atoms with E-state index >= 15 is 0 Å². The number of hydrogen-bond donors (Lipinski definition) is 0. The number of Topliss-reactive ketones (excluding diaryl/α,β-unsaturated/α-hetero) is 2. The van der Waals surface area contributed by atoms with E-state index in [4.69, 9.17) is 0 Å². The van der Waals surface area contributed by atoms with E-state index in [2.05, 4.69) is 4.98 Å². The number of carbonyl (C=O) groups excluding carboxylic acids is 2. The lowest BCUT2D eigenvalue weighted by molar-refractivity contribution is 0.0893. The van der Waals surface area contributed by atoms with Crippen molar-refractivity contribution in [1.29, 1.82) is 0 Å². The molecule has 0 atom stereocenters. The Hall–Kier alpha value is -1.75. The van der Waals surface area contributed by atoms with Crippen LogP contribution >= 0.6 is 11.3 Å². The molecule has 88 valence electrons. The average molecular weight is 248 g/mol. The molecule has 0 spiro atoms. The standard InChI is InChI=1S/C12H12N2O2S/c1-8-3-4-17-12(8)11(16)5-10(15)9-6-14(2)7-13-9/h3-4,6-7H,5H2,1-2H3. The summed E-state index contributed by atoms with van der Waals surface area (Å²) in [6.07, 6.45) is 3.06. The number of carbonyl (C=O) groups is 2. The third-order valence-electron chi connectivity index (χ3n) is 2.43. The van der Waals surface area contributed by atoms with E-state index in [1.165, 1.54) is 11.3 Å². The van der Waals surface area contributed by atoms with Crippen LogP contribution in [0, 0.1) is 6.92 Å². The second-order valence-corrected chi connectivity index (χ2v) is 4.80. The minimum absolute atomic E-state index is 0.113. The first-order valence-electron chi connectivity index (χ1n) is 5.16. The SMILES string of the molecule is Cc1ccsc1C(=O)CC(=O)c1cn(C)cn1. The van der Waals surface area contributed by atoms with Gasteiger partial charge in [-0.05, 0) is 23.9 Å². The Labute approximate surface area is 103 Å². The Bertz CT molecular complexity index is 569. The number of aromatic nitrogens is 2. The van der Waals surface area contributed by atoms with Gasteiger partial charge in [0.25, 0.3) is 0 Å². The second-order valence-electron chi connectivity index (χ2n) is 3.88. The third-order valence-corrected chi connectivity index (χ3v) is 3.48. The van der Waals surface area contributed by atoms with Gasteiger partial charge in [-0.1, -0.05) is 0 Å². The highest BCUT2D eigenvalue weighted by atomic mass is 32.1.